The second-order valence-electron chi connectivity index (χ2n) is 4.16. The van der Waals surface area contributed by atoms with E-state index in [1.54, 1.807) is 6.07 Å². The van der Waals surface area contributed by atoms with Crippen LogP contribution >= 0.6 is 15.9 Å². The van der Waals surface area contributed by atoms with E-state index in [1.165, 1.54) is 12.1 Å². The van der Waals surface area contributed by atoms with Gasteiger partial charge in [-0.25, -0.2) is 9.59 Å². The van der Waals surface area contributed by atoms with Crippen molar-refractivity contribution in [3.05, 3.63) is 28.2 Å². The maximum absolute atomic E-state index is 11.8. The Labute approximate surface area is 118 Å². The molecule has 1 aromatic carbocycles. The molecule has 1 aliphatic heterocycles. The van der Waals surface area contributed by atoms with Gasteiger partial charge in [0, 0.05) is 11.1 Å². The SMILES string of the molecule is O=C(Nc1cc(C(=O)O)ccc1Br)NC1CCOC1. The number of hydrogen-bond acceptors (Lipinski definition) is 3. The minimum absolute atomic E-state index is 0.00133. The van der Waals surface area contributed by atoms with E-state index in [0.717, 1.165) is 6.42 Å². The number of nitrogens with one attached hydrogen (secondary N) is 2. The Bertz CT molecular complexity index is 501. The molecule has 2 amide bonds. The van der Waals surface area contributed by atoms with Gasteiger partial charge in [0.25, 0.3) is 0 Å². The maximum Gasteiger partial charge on any atom is 0.335 e. The molecule has 2 rings (SSSR count). The lowest BCUT2D eigenvalue weighted by Gasteiger charge is -2.13. The van der Waals surface area contributed by atoms with E-state index in [9.17, 15) is 9.59 Å². The number of carboxylic acids is 1. The number of anilines is 1. The molecule has 19 heavy (non-hydrogen) atoms. The van der Waals surface area contributed by atoms with Crippen molar-refractivity contribution in [1.82, 2.24) is 5.32 Å². The molecule has 6 nitrogen and oxygen atoms in total. The minimum Gasteiger partial charge on any atom is -0.478 e. The van der Waals surface area contributed by atoms with Gasteiger partial charge in [0.2, 0.25) is 0 Å². The van der Waals surface area contributed by atoms with Crippen LogP contribution in [0.2, 0.25) is 0 Å². The van der Waals surface area contributed by atoms with Crippen LogP contribution in [0.15, 0.2) is 22.7 Å². The first-order valence-electron chi connectivity index (χ1n) is 5.74. The molecule has 0 radical (unpaired) electrons. The van der Waals surface area contributed by atoms with Gasteiger partial charge in [-0.15, -0.1) is 0 Å². The standard InChI is InChI=1S/C12H13BrN2O4/c13-9-2-1-7(11(16)17)5-10(9)15-12(18)14-8-3-4-19-6-8/h1-2,5,8H,3-4,6H2,(H,16,17)(H2,14,15,18). The highest BCUT2D eigenvalue weighted by molar-refractivity contribution is 9.10. The third-order valence-electron chi connectivity index (χ3n) is 2.73. The molecule has 102 valence electrons. The Kier molecular flexibility index (Phi) is 4.39. The number of benzene rings is 1. The normalized spacial score (nSPS) is 18.1. The van der Waals surface area contributed by atoms with Crippen LogP contribution in [0.5, 0.6) is 0 Å². The third-order valence-corrected chi connectivity index (χ3v) is 3.42. The number of ether oxygens (including phenoxy) is 1. The van der Waals surface area contributed by atoms with E-state index < -0.39 is 5.97 Å². The van der Waals surface area contributed by atoms with E-state index in [1.807, 2.05) is 0 Å². The van der Waals surface area contributed by atoms with Crippen LogP contribution in [0, 0.1) is 0 Å². The molecule has 1 aliphatic rings. The fourth-order valence-electron chi connectivity index (χ4n) is 1.75. The van der Waals surface area contributed by atoms with Gasteiger partial charge in [-0.3, -0.25) is 0 Å². The van der Waals surface area contributed by atoms with Gasteiger partial charge in [-0.2, -0.15) is 0 Å². The summed E-state index contributed by atoms with van der Waals surface area (Å²) >= 11 is 3.26. The number of amides is 2. The van der Waals surface area contributed by atoms with Gasteiger partial charge < -0.3 is 20.5 Å². The van der Waals surface area contributed by atoms with E-state index in [-0.39, 0.29) is 17.6 Å². The number of halogens is 1. The zero-order chi connectivity index (χ0) is 13.8. The average Bonchev–Trinajstić information content (AvgIpc) is 2.84. The summed E-state index contributed by atoms with van der Waals surface area (Å²) in [4.78, 5) is 22.6. The van der Waals surface area contributed by atoms with Crippen LogP contribution in [-0.2, 0) is 4.74 Å². The summed E-state index contributed by atoms with van der Waals surface area (Å²) < 4.78 is 5.77. The van der Waals surface area contributed by atoms with Crippen molar-refractivity contribution in [3.63, 3.8) is 0 Å². The number of rotatable bonds is 3. The van der Waals surface area contributed by atoms with E-state index in [4.69, 9.17) is 9.84 Å². The molecule has 0 spiro atoms. The molecule has 1 fully saturated rings. The van der Waals surface area contributed by atoms with E-state index >= 15 is 0 Å². The summed E-state index contributed by atoms with van der Waals surface area (Å²) in [5.74, 6) is -1.04. The molecular weight excluding hydrogens is 316 g/mol. The third kappa shape index (κ3) is 3.68. The Morgan fingerprint density at radius 2 is 2.21 bits per heavy atom. The van der Waals surface area contributed by atoms with E-state index in [2.05, 4.69) is 26.6 Å². The van der Waals surface area contributed by atoms with Gasteiger partial charge in [0.05, 0.1) is 23.9 Å². The Morgan fingerprint density at radius 3 is 2.84 bits per heavy atom. The zero-order valence-corrected chi connectivity index (χ0v) is 11.6. The largest absolute Gasteiger partial charge is 0.478 e. The molecule has 1 unspecified atom stereocenters. The highest BCUT2D eigenvalue weighted by atomic mass is 79.9. The van der Waals surface area contributed by atoms with Crippen molar-refractivity contribution >= 4 is 33.6 Å². The number of carboxylic acid groups (broad SMARTS) is 1. The molecule has 7 heteroatoms. The number of urea groups is 1. The van der Waals surface area contributed by atoms with Crippen molar-refractivity contribution in [3.8, 4) is 0 Å². The van der Waals surface area contributed by atoms with Gasteiger partial charge >= 0.3 is 12.0 Å². The van der Waals surface area contributed by atoms with Crippen LogP contribution in [-0.4, -0.2) is 36.4 Å². The lowest BCUT2D eigenvalue weighted by atomic mass is 10.2. The monoisotopic (exact) mass is 328 g/mol. The summed E-state index contributed by atoms with van der Waals surface area (Å²) in [6, 6.07) is 4.06. The zero-order valence-electron chi connectivity index (χ0n) is 9.98. The molecular formula is C12H13BrN2O4. The number of carbonyl (C=O) groups is 2. The van der Waals surface area contributed by atoms with Crippen LogP contribution in [0.3, 0.4) is 0 Å². The highest BCUT2D eigenvalue weighted by Crippen LogP contribution is 2.23. The second-order valence-corrected chi connectivity index (χ2v) is 5.01. The summed E-state index contributed by atoms with van der Waals surface area (Å²) in [7, 11) is 0. The first kappa shape index (κ1) is 13.8. The maximum atomic E-state index is 11.8. The van der Waals surface area contributed by atoms with Crippen LogP contribution < -0.4 is 10.6 Å². The molecule has 1 saturated heterocycles. The molecule has 1 atom stereocenters. The van der Waals surface area contributed by atoms with Crippen molar-refractivity contribution in [2.45, 2.75) is 12.5 Å². The molecule has 1 aromatic rings. The topological polar surface area (TPSA) is 87.7 Å². The van der Waals surface area contributed by atoms with Crippen LogP contribution in [0.1, 0.15) is 16.8 Å². The van der Waals surface area contributed by atoms with Gasteiger partial charge in [0.15, 0.2) is 0 Å². The number of carbonyl (C=O) groups excluding carboxylic acids is 1. The predicted molar refractivity (Wildman–Crippen MR) is 72.5 cm³/mol. The molecule has 0 aromatic heterocycles. The Balaban J connectivity index is 2.02. The van der Waals surface area contributed by atoms with Crippen LogP contribution in [0.4, 0.5) is 10.5 Å². The fourth-order valence-corrected chi connectivity index (χ4v) is 2.09. The Hall–Kier alpha value is -1.60. The summed E-state index contributed by atoms with van der Waals surface area (Å²) in [6.07, 6.45) is 0.782. The summed E-state index contributed by atoms with van der Waals surface area (Å²) in [5, 5.41) is 14.3. The van der Waals surface area contributed by atoms with Crippen molar-refractivity contribution in [1.29, 1.82) is 0 Å². The number of aromatic carboxylic acids is 1. The second kappa shape index (κ2) is 6.03. The lowest BCUT2D eigenvalue weighted by molar-refractivity contribution is 0.0697. The van der Waals surface area contributed by atoms with Gasteiger partial charge in [-0.05, 0) is 40.5 Å². The first-order valence-corrected chi connectivity index (χ1v) is 6.53. The highest BCUT2D eigenvalue weighted by Gasteiger charge is 2.18. The minimum atomic E-state index is -1.04. The molecule has 0 aliphatic carbocycles. The lowest BCUT2D eigenvalue weighted by Crippen LogP contribution is -2.38. The smallest absolute Gasteiger partial charge is 0.335 e. The quantitative estimate of drug-likeness (QED) is 0.792. The molecule has 0 saturated carbocycles. The van der Waals surface area contributed by atoms with Crippen molar-refractivity contribution in [2.75, 3.05) is 18.5 Å². The van der Waals surface area contributed by atoms with Gasteiger partial charge in [-0.1, -0.05) is 0 Å². The number of hydrogen-bond donors (Lipinski definition) is 3. The molecule has 1 heterocycles. The fraction of sp³-hybridized carbons (Fsp3) is 0.333. The van der Waals surface area contributed by atoms with E-state index in [0.29, 0.717) is 23.4 Å². The average molecular weight is 329 g/mol. The summed E-state index contributed by atoms with van der Waals surface area (Å²) in [6.45, 7) is 1.15. The Morgan fingerprint density at radius 1 is 1.42 bits per heavy atom. The van der Waals surface area contributed by atoms with Gasteiger partial charge in [0.1, 0.15) is 0 Å². The first-order chi connectivity index (χ1) is 9.06. The summed E-state index contributed by atoms with van der Waals surface area (Å²) in [5.41, 5.74) is 0.527. The predicted octanol–water partition coefficient (Wildman–Crippen LogP) is 2.06. The van der Waals surface area contributed by atoms with Crippen molar-refractivity contribution < 1.29 is 19.4 Å². The van der Waals surface area contributed by atoms with Crippen LogP contribution in [0.25, 0.3) is 0 Å². The molecule has 3 N–H and O–H groups in total. The molecule has 0 bridgehead atoms. The van der Waals surface area contributed by atoms with Crippen molar-refractivity contribution in [2.24, 2.45) is 0 Å².